The van der Waals surface area contributed by atoms with Crippen molar-refractivity contribution in [3.05, 3.63) is 83.4 Å². The van der Waals surface area contributed by atoms with E-state index in [1.807, 2.05) is 0 Å². The summed E-state index contributed by atoms with van der Waals surface area (Å²) in [5.74, 6) is -4.25. The van der Waals surface area contributed by atoms with Crippen molar-refractivity contribution in [3.63, 3.8) is 0 Å². The third kappa shape index (κ3) is 3.10. The molecule has 0 bridgehead atoms. The lowest BCUT2D eigenvalue weighted by atomic mass is 9.89. The molecule has 0 spiro atoms. The highest BCUT2D eigenvalue weighted by Crippen LogP contribution is 2.37. The lowest BCUT2D eigenvalue weighted by molar-refractivity contribution is 0.100. The van der Waals surface area contributed by atoms with Gasteiger partial charge in [-0.05, 0) is 35.9 Å². The van der Waals surface area contributed by atoms with Gasteiger partial charge in [-0.3, -0.25) is 4.79 Å². The Kier molecular flexibility index (Phi) is 4.27. The summed E-state index contributed by atoms with van der Waals surface area (Å²) < 4.78 is 54.9. The third-order valence-electron chi connectivity index (χ3n) is 3.75. The van der Waals surface area contributed by atoms with Gasteiger partial charge in [0.15, 0.2) is 0 Å². The molecule has 0 aromatic heterocycles. The molecule has 0 unspecified atom stereocenters. The second-order valence-corrected chi connectivity index (χ2v) is 5.34. The number of carbonyl (C=O) groups excluding carboxylic acids is 1. The quantitative estimate of drug-likeness (QED) is 0.689. The van der Waals surface area contributed by atoms with Gasteiger partial charge in [0.2, 0.25) is 5.91 Å². The number of primary amides is 1. The first kappa shape index (κ1) is 16.7. The molecule has 0 aliphatic heterocycles. The maximum Gasteiger partial charge on any atom is 0.249 e. The van der Waals surface area contributed by atoms with Crippen LogP contribution in [0.2, 0.25) is 0 Å². The van der Waals surface area contributed by atoms with E-state index in [1.165, 1.54) is 24.3 Å². The summed E-state index contributed by atoms with van der Waals surface area (Å²) in [6.45, 7) is 0. The molecule has 126 valence electrons. The van der Waals surface area contributed by atoms with Gasteiger partial charge in [0.1, 0.15) is 23.3 Å². The zero-order chi connectivity index (χ0) is 18.1. The van der Waals surface area contributed by atoms with Gasteiger partial charge in [-0.15, -0.1) is 0 Å². The molecule has 0 fully saturated rings. The predicted molar refractivity (Wildman–Crippen MR) is 85.7 cm³/mol. The molecule has 3 rings (SSSR count). The molecule has 0 radical (unpaired) electrons. The molecule has 0 aliphatic rings. The van der Waals surface area contributed by atoms with Gasteiger partial charge >= 0.3 is 0 Å². The van der Waals surface area contributed by atoms with Crippen LogP contribution in [-0.4, -0.2) is 5.91 Å². The molecule has 6 heteroatoms. The van der Waals surface area contributed by atoms with Crippen LogP contribution < -0.4 is 5.73 Å². The molecule has 2 N–H and O–H groups in total. The van der Waals surface area contributed by atoms with Gasteiger partial charge in [0, 0.05) is 34.4 Å². The van der Waals surface area contributed by atoms with Crippen molar-refractivity contribution in [1.29, 1.82) is 0 Å². The van der Waals surface area contributed by atoms with E-state index in [9.17, 15) is 22.4 Å². The van der Waals surface area contributed by atoms with Gasteiger partial charge in [-0.25, -0.2) is 17.6 Å². The molecule has 0 aliphatic carbocycles. The molecule has 0 saturated carbocycles. The molecule has 3 aromatic carbocycles. The Labute approximate surface area is 140 Å². The molecule has 2 nitrogen and oxygen atoms in total. The molecular formula is C19H11F4NO. The van der Waals surface area contributed by atoms with Gasteiger partial charge < -0.3 is 5.73 Å². The number of benzene rings is 3. The monoisotopic (exact) mass is 345 g/mol. The molecule has 0 heterocycles. The zero-order valence-corrected chi connectivity index (χ0v) is 12.7. The van der Waals surface area contributed by atoms with E-state index in [0.29, 0.717) is 12.1 Å². The van der Waals surface area contributed by atoms with E-state index in [2.05, 4.69) is 0 Å². The number of hydrogen-bond acceptors (Lipinski definition) is 1. The fourth-order valence-corrected chi connectivity index (χ4v) is 2.67. The molecule has 0 saturated heterocycles. The summed E-state index contributed by atoms with van der Waals surface area (Å²) in [5.41, 5.74) is 5.28. The second kappa shape index (κ2) is 6.39. The first-order chi connectivity index (χ1) is 11.9. The topological polar surface area (TPSA) is 43.1 Å². The number of halogens is 4. The van der Waals surface area contributed by atoms with E-state index in [-0.39, 0.29) is 27.8 Å². The van der Waals surface area contributed by atoms with Crippen LogP contribution in [0.25, 0.3) is 22.3 Å². The van der Waals surface area contributed by atoms with Crippen LogP contribution in [0.4, 0.5) is 17.6 Å². The van der Waals surface area contributed by atoms with Crippen LogP contribution in [0.3, 0.4) is 0 Å². The van der Waals surface area contributed by atoms with Crippen molar-refractivity contribution in [1.82, 2.24) is 0 Å². The largest absolute Gasteiger partial charge is 0.366 e. The zero-order valence-electron chi connectivity index (χ0n) is 12.7. The Hall–Kier alpha value is -3.15. The van der Waals surface area contributed by atoms with E-state index in [1.54, 1.807) is 0 Å². The first-order valence-corrected chi connectivity index (χ1v) is 7.22. The maximum atomic E-state index is 14.3. The minimum atomic E-state index is -0.933. The number of rotatable bonds is 3. The van der Waals surface area contributed by atoms with E-state index >= 15 is 0 Å². The Morgan fingerprint density at radius 2 is 1.28 bits per heavy atom. The standard InChI is InChI=1S/C19H11F4NO/c20-10-4-6-12(16(22)8-10)13-2-1-3-15(19(24)25)18(13)14-7-5-11(21)9-17(14)23/h1-9H,(H2,24,25). The number of hydrogen-bond donors (Lipinski definition) is 1. The number of amides is 1. The smallest absolute Gasteiger partial charge is 0.249 e. The SMILES string of the molecule is NC(=O)c1cccc(-c2ccc(F)cc2F)c1-c1ccc(F)cc1F. The van der Waals surface area contributed by atoms with Gasteiger partial charge in [-0.2, -0.15) is 0 Å². The minimum absolute atomic E-state index is 0.0120. The van der Waals surface area contributed by atoms with Gasteiger partial charge in [0.25, 0.3) is 0 Å². The normalized spacial score (nSPS) is 10.7. The maximum absolute atomic E-state index is 14.3. The van der Waals surface area contributed by atoms with Crippen molar-refractivity contribution in [2.24, 2.45) is 5.73 Å². The highest BCUT2D eigenvalue weighted by molar-refractivity contribution is 6.04. The van der Waals surface area contributed by atoms with Crippen molar-refractivity contribution in [2.45, 2.75) is 0 Å². The van der Waals surface area contributed by atoms with Crippen LogP contribution in [0, 0.1) is 23.3 Å². The molecule has 3 aromatic rings. The summed E-state index contributed by atoms with van der Waals surface area (Å²) in [5, 5.41) is 0. The van der Waals surface area contributed by atoms with Crippen molar-refractivity contribution < 1.29 is 22.4 Å². The van der Waals surface area contributed by atoms with Crippen LogP contribution in [0.15, 0.2) is 54.6 Å². The van der Waals surface area contributed by atoms with Gasteiger partial charge in [-0.1, -0.05) is 12.1 Å². The second-order valence-electron chi connectivity index (χ2n) is 5.34. The van der Waals surface area contributed by atoms with Crippen molar-refractivity contribution in [2.75, 3.05) is 0 Å². The van der Waals surface area contributed by atoms with Crippen LogP contribution in [0.1, 0.15) is 10.4 Å². The Balaban J connectivity index is 2.37. The average Bonchev–Trinajstić information content (AvgIpc) is 2.54. The average molecular weight is 345 g/mol. The highest BCUT2D eigenvalue weighted by atomic mass is 19.1. The first-order valence-electron chi connectivity index (χ1n) is 7.22. The molecule has 1 amide bonds. The molecular weight excluding hydrogens is 334 g/mol. The predicted octanol–water partition coefficient (Wildman–Crippen LogP) is 4.68. The summed E-state index contributed by atoms with van der Waals surface area (Å²) in [6.07, 6.45) is 0. The molecule has 25 heavy (non-hydrogen) atoms. The number of nitrogens with two attached hydrogens (primary N) is 1. The summed E-state index contributed by atoms with van der Waals surface area (Å²) in [7, 11) is 0. The van der Waals surface area contributed by atoms with E-state index in [4.69, 9.17) is 5.73 Å². The van der Waals surface area contributed by atoms with Crippen LogP contribution in [0.5, 0.6) is 0 Å². The summed E-state index contributed by atoms with van der Waals surface area (Å²) >= 11 is 0. The van der Waals surface area contributed by atoms with Crippen molar-refractivity contribution >= 4 is 5.91 Å². The van der Waals surface area contributed by atoms with Gasteiger partial charge in [0.05, 0.1) is 0 Å². The van der Waals surface area contributed by atoms with E-state index < -0.39 is 29.2 Å². The third-order valence-corrected chi connectivity index (χ3v) is 3.75. The fourth-order valence-electron chi connectivity index (χ4n) is 2.67. The number of carbonyl (C=O) groups is 1. The lowest BCUT2D eigenvalue weighted by Crippen LogP contribution is -2.13. The summed E-state index contributed by atoms with van der Waals surface area (Å²) in [6, 6.07) is 9.94. The van der Waals surface area contributed by atoms with Crippen LogP contribution in [-0.2, 0) is 0 Å². The Morgan fingerprint density at radius 1 is 0.720 bits per heavy atom. The summed E-state index contributed by atoms with van der Waals surface area (Å²) in [4.78, 5) is 11.8. The minimum Gasteiger partial charge on any atom is -0.366 e. The van der Waals surface area contributed by atoms with Crippen molar-refractivity contribution in [3.8, 4) is 22.3 Å². The van der Waals surface area contributed by atoms with Crippen LogP contribution >= 0.6 is 0 Å². The molecule has 0 atom stereocenters. The fraction of sp³-hybridized carbons (Fsp3) is 0. The van der Waals surface area contributed by atoms with E-state index in [0.717, 1.165) is 18.2 Å². The Bertz CT molecular complexity index is 985. The lowest BCUT2D eigenvalue weighted by Gasteiger charge is -2.15. The Morgan fingerprint density at radius 3 is 1.80 bits per heavy atom. The highest BCUT2D eigenvalue weighted by Gasteiger charge is 2.20.